The second-order valence-corrected chi connectivity index (χ2v) is 4.95. The summed E-state index contributed by atoms with van der Waals surface area (Å²) in [4.78, 5) is 12.6. The van der Waals surface area contributed by atoms with Crippen LogP contribution >= 0.6 is 0 Å². The van der Waals surface area contributed by atoms with Gasteiger partial charge >= 0.3 is 6.18 Å². The van der Waals surface area contributed by atoms with Crippen LogP contribution in [0.1, 0.15) is 40.0 Å². The van der Waals surface area contributed by atoms with Gasteiger partial charge in [0, 0.05) is 12.5 Å². The molecule has 108 valence electrons. The lowest BCUT2D eigenvalue weighted by atomic mass is 10.0. The predicted molar refractivity (Wildman–Crippen MR) is 65.0 cm³/mol. The van der Waals surface area contributed by atoms with Gasteiger partial charge in [0.2, 0.25) is 5.91 Å². The molecular formula is C12H23F3N2O. The van der Waals surface area contributed by atoms with Crippen molar-refractivity contribution in [2.45, 2.75) is 52.3 Å². The van der Waals surface area contributed by atoms with E-state index in [0.717, 1.165) is 11.3 Å². The van der Waals surface area contributed by atoms with Crippen molar-refractivity contribution >= 4 is 5.91 Å². The molecule has 0 heterocycles. The Morgan fingerprint density at radius 3 is 2.17 bits per heavy atom. The Morgan fingerprint density at radius 2 is 1.78 bits per heavy atom. The van der Waals surface area contributed by atoms with Gasteiger partial charge in [-0.05, 0) is 39.2 Å². The normalized spacial score (nSPS) is 13.8. The number of alkyl halides is 3. The minimum absolute atomic E-state index is 0.148. The highest BCUT2D eigenvalue weighted by Crippen LogP contribution is 2.20. The third-order valence-electron chi connectivity index (χ3n) is 2.80. The van der Waals surface area contributed by atoms with E-state index < -0.39 is 24.7 Å². The van der Waals surface area contributed by atoms with Crippen LogP contribution in [0, 0.1) is 5.92 Å². The third kappa shape index (κ3) is 7.53. The van der Waals surface area contributed by atoms with Crippen molar-refractivity contribution < 1.29 is 18.0 Å². The predicted octanol–water partition coefficient (Wildman–Crippen LogP) is 2.55. The van der Waals surface area contributed by atoms with Crippen LogP contribution in [-0.2, 0) is 4.79 Å². The minimum Gasteiger partial charge on any atom is -0.331 e. The van der Waals surface area contributed by atoms with Gasteiger partial charge in [0.25, 0.3) is 0 Å². The van der Waals surface area contributed by atoms with Crippen LogP contribution in [0.4, 0.5) is 13.2 Å². The molecule has 0 aromatic rings. The monoisotopic (exact) mass is 268 g/mol. The van der Waals surface area contributed by atoms with E-state index in [0.29, 0.717) is 13.0 Å². The first kappa shape index (κ1) is 17.2. The molecule has 0 aromatic heterocycles. The lowest BCUT2D eigenvalue weighted by Gasteiger charge is -2.28. The summed E-state index contributed by atoms with van der Waals surface area (Å²) >= 11 is 0. The zero-order valence-electron chi connectivity index (χ0n) is 11.3. The Bertz CT molecular complexity index is 254. The lowest BCUT2D eigenvalue weighted by molar-refractivity contribution is -0.164. The van der Waals surface area contributed by atoms with Gasteiger partial charge < -0.3 is 10.6 Å². The van der Waals surface area contributed by atoms with Gasteiger partial charge in [-0.2, -0.15) is 13.2 Å². The van der Waals surface area contributed by atoms with Crippen molar-refractivity contribution in [1.29, 1.82) is 0 Å². The van der Waals surface area contributed by atoms with Crippen molar-refractivity contribution in [3.63, 3.8) is 0 Å². The number of rotatable bonds is 7. The van der Waals surface area contributed by atoms with Crippen molar-refractivity contribution in [2.24, 2.45) is 11.7 Å². The highest BCUT2D eigenvalue weighted by molar-refractivity contribution is 5.76. The fraction of sp³-hybridized carbons (Fsp3) is 0.917. The molecule has 0 saturated carbocycles. The second-order valence-electron chi connectivity index (χ2n) is 4.95. The van der Waals surface area contributed by atoms with Crippen molar-refractivity contribution in [2.75, 3.05) is 13.1 Å². The maximum atomic E-state index is 12.3. The summed E-state index contributed by atoms with van der Waals surface area (Å²) in [5.74, 6) is -0.176. The lowest BCUT2D eigenvalue weighted by Crippen LogP contribution is -2.43. The smallest absolute Gasteiger partial charge is 0.331 e. The Hall–Kier alpha value is -0.780. The standard InChI is InChI=1S/C12H23F3N2O/c1-9(2)17(8-12(13,14)15)11(18)5-4-10(3)6-7-16/h9-10H,4-8,16H2,1-3H3. The summed E-state index contributed by atoms with van der Waals surface area (Å²) < 4.78 is 37.0. The summed E-state index contributed by atoms with van der Waals surface area (Å²) in [5.41, 5.74) is 5.38. The van der Waals surface area contributed by atoms with Crippen LogP contribution in [0.15, 0.2) is 0 Å². The first-order valence-electron chi connectivity index (χ1n) is 6.23. The van der Waals surface area contributed by atoms with Gasteiger partial charge in [0.1, 0.15) is 6.54 Å². The minimum atomic E-state index is -4.34. The van der Waals surface area contributed by atoms with Gasteiger partial charge in [-0.15, -0.1) is 0 Å². The molecule has 2 N–H and O–H groups in total. The third-order valence-corrected chi connectivity index (χ3v) is 2.80. The first-order chi connectivity index (χ1) is 8.17. The Balaban J connectivity index is 4.32. The van der Waals surface area contributed by atoms with Crippen LogP contribution in [-0.4, -0.2) is 36.1 Å². The second kappa shape index (κ2) is 7.61. The Morgan fingerprint density at radius 1 is 1.22 bits per heavy atom. The molecule has 0 bridgehead atoms. The molecule has 0 aliphatic rings. The highest BCUT2D eigenvalue weighted by atomic mass is 19.4. The molecule has 0 saturated heterocycles. The molecular weight excluding hydrogens is 245 g/mol. The average molecular weight is 268 g/mol. The maximum absolute atomic E-state index is 12.3. The van der Waals surface area contributed by atoms with Gasteiger partial charge in [0.15, 0.2) is 0 Å². The molecule has 1 atom stereocenters. The highest BCUT2D eigenvalue weighted by Gasteiger charge is 2.33. The molecule has 0 aliphatic carbocycles. The van der Waals surface area contributed by atoms with E-state index in [1.54, 1.807) is 13.8 Å². The van der Waals surface area contributed by atoms with Crippen LogP contribution in [0.25, 0.3) is 0 Å². The fourth-order valence-corrected chi connectivity index (χ4v) is 1.69. The van der Waals surface area contributed by atoms with Crippen molar-refractivity contribution in [3.05, 3.63) is 0 Å². The molecule has 0 aromatic carbocycles. The number of carbonyl (C=O) groups is 1. The largest absolute Gasteiger partial charge is 0.406 e. The Kier molecular flexibility index (Phi) is 7.28. The number of halogens is 3. The maximum Gasteiger partial charge on any atom is 0.406 e. The van der Waals surface area contributed by atoms with E-state index in [1.165, 1.54) is 0 Å². The molecule has 0 aliphatic heterocycles. The summed E-state index contributed by atoms with van der Waals surface area (Å²) in [7, 11) is 0. The van der Waals surface area contributed by atoms with Gasteiger partial charge in [0.05, 0.1) is 0 Å². The van der Waals surface area contributed by atoms with Crippen molar-refractivity contribution in [1.82, 2.24) is 4.90 Å². The molecule has 0 spiro atoms. The number of amides is 1. The van der Waals surface area contributed by atoms with Gasteiger partial charge in [-0.3, -0.25) is 4.79 Å². The van der Waals surface area contributed by atoms with E-state index in [4.69, 9.17) is 5.73 Å². The molecule has 18 heavy (non-hydrogen) atoms. The average Bonchev–Trinajstić information content (AvgIpc) is 2.21. The van der Waals surface area contributed by atoms with E-state index in [-0.39, 0.29) is 12.3 Å². The summed E-state index contributed by atoms with van der Waals surface area (Å²) in [6.07, 6.45) is -2.83. The SMILES string of the molecule is CC(CCN)CCC(=O)N(CC(F)(F)F)C(C)C. The van der Waals surface area contributed by atoms with E-state index in [1.807, 2.05) is 6.92 Å². The van der Waals surface area contributed by atoms with E-state index in [9.17, 15) is 18.0 Å². The summed E-state index contributed by atoms with van der Waals surface area (Å²) in [5, 5.41) is 0. The topological polar surface area (TPSA) is 46.3 Å². The summed E-state index contributed by atoms with van der Waals surface area (Å²) in [6.45, 7) is 4.49. The molecule has 6 heteroatoms. The first-order valence-corrected chi connectivity index (χ1v) is 6.23. The fourth-order valence-electron chi connectivity index (χ4n) is 1.69. The quantitative estimate of drug-likeness (QED) is 0.771. The molecule has 0 fully saturated rings. The number of nitrogens with two attached hydrogens (primary N) is 1. The zero-order valence-corrected chi connectivity index (χ0v) is 11.3. The Labute approximate surface area is 107 Å². The van der Waals surface area contributed by atoms with Crippen LogP contribution < -0.4 is 5.73 Å². The van der Waals surface area contributed by atoms with Crippen molar-refractivity contribution in [3.8, 4) is 0 Å². The molecule has 3 nitrogen and oxygen atoms in total. The number of hydrogen-bond donors (Lipinski definition) is 1. The summed E-state index contributed by atoms with van der Waals surface area (Å²) in [6, 6.07) is -0.441. The number of carbonyl (C=O) groups excluding carboxylic acids is 1. The van der Waals surface area contributed by atoms with Crippen LogP contribution in [0.3, 0.4) is 0 Å². The molecule has 0 radical (unpaired) electrons. The molecule has 1 amide bonds. The molecule has 0 rings (SSSR count). The van der Waals surface area contributed by atoms with Gasteiger partial charge in [-0.25, -0.2) is 0 Å². The van der Waals surface area contributed by atoms with E-state index in [2.05, 4.69) is 0 Å². The zero-order chi connectivity index (χ0) is 14.3. The van der Waals surface area contributed by atoms with Gasteiger partial charge in [-0.1, -0.05) is 6.92 Å². The number of nitrogens with zero attached hydrogens (tertiary/aromatic N) is 1. The van der Waals surface area contributed by atoms with Crippen LogP contribution in [0.2, 0.25) is 0 Å². The number of hydrogen-bond acceptors (Lipinski definition) is 2. The van der Waals surface area contributed by atoms with E-state index >= 15 is 0 Å². The van der Waals surface area contributed by atoms with Crippen LogP contribution in [0.5, 0.6) is 0 Å². The molecule has 1 unspecified atom stereocenters.